The van der Waals surface area contributed by atoms with Crippen LogP contribution in [0.5, 0.6) is 0 Å². The third-order valence-corrected chi connectivity index (χ3v) is 4.37. The van der Waals surface area contributed by atoms with E-state index < -0.39 is 6.10 Å². The highest BCUT2D eigenvalue weighted by atomic mass is 19.1. The van der Waals surface area contributed by atoms with E-state index in [4.69, 9.17) is 4.74 Å². The Morgan fingerprint density at radius 3 is 3.04 bits per heavy atom. The average molecular weight is 351 g/mol. The molecule has 1 atom stereocenters. The Balaban J connectivity index is 1.45. The standard InChI is InChI=1S/C20H18FN3O2/c21-16-6-3-4-14(10-16)12-24-13-17(11-22-24)23-20(25)19-18-7-2-1-5-15(18)8-9-26-19/h1-7,10-11,13,19H,8-9,12H2,(H,23,25)/t19-/m0/s1. The summed E-state index contributed by atoms with van der Waals surface area (Å²) >= 11 is 0. The van der Waals surface area contributed by atoms with Gasteiger partial charge in [0.25, 0.3) is 5.91 Å². The fourth-order valence-corrected chi connectivity index (χ4v) is 3.16. The van der Waals surface area contributed by atoms with Gasteiger partial charge in [-0.25, -0.2) is 4.39 Å². The van der Waals surface area contributed by atoms with Crippen molar-refractivity contribution in [3.63, 3.8) is 0 Å². The minimum absolute atomic E-state index is 0.220. The first-order chi connectivity index (χ1) is 12.7. The molecule has 132 valence electrons. The molecule has 0 spiro atoms. The monoisotopic (exact) mass is 351 g/mol. The van der Waals surface area contributed by atoms with Crippen LogP contribution in [-0.2, 0) is 22.5 Å². The molecule has 2 aromatic carbocycles. The van der Waals surface area contributed by atoms with Crippen LogP contribution in [0.2, 0.25) is 0 Å². The van der Waals surface area contributed by atoms with Gasteiger partial charge in [-0.2, -0.15) is 5.10 Å². The normalized spacial score (nSPS) is 16.1. The quantitative estimate of drug-likeness (QED) is 0.784. The molecule has 6 heteroatoms. The predicted octanol–water partition coefficient (Wildman–Crippen LogP) is 3.32. The number of halogens is 1. The number of anilines is 1. The molecule has 3 aromatic rings. The number of hydrogen-bond acceptors (Lipinski definition) is 3. The number of amides is 1. The number of ether oxygens (including phenoxy) is 1. The predicted molar refractivity (Wildman–Crippen MR) is 95.2 cm³/mol. The number of nitrogens with one attached hydrogen (secondary N) is 1. The molecule has 0 bridgehead atoms. The van der Waals surface area contributed by atoms with Crippen molar-refractivity contribution in [2.45, 2.75) is 19.1 Å². The van der Waals surface area contributed by atoms with Gasteiger partial charge in [0.2, 0.25) is 0 Å². The average Bonchev–Trinajstić information content (AvgIpc) is 3.08. The molecule has 0 unspecified atom stereocenters. The van der Waals surface area contributed by atoms with Crippen molar-refractivity contribution in [1.82, 2.24) is 9.78 Å². The molecule has 1 aliphatic rings. The Labute approximate surface area is 150 Å². The van der Waals surface area contributed by atoms with Crippen LogP contribution in [0.15, 0.2) is 60.9 Å². The van der Waals surface area contributed by atoms with Gasteiger partial charge in [-0.15, -0.1) is 0 Å². The molecule has 0 saturated heterocycles. The van der Waals surface area contributed by atoms with E-state index in [0.29, 0.717) is 18.8 Å². The van der Waals surface area contributed by atoms with E-state index in [2.05, 4.69) is 10.4 Å². The highest BCUT2D eigenvalue weighted by Crippen LogP contribution is 2.28. The van der Waals surface area contributed by atoms with Crippen molar-refractivity contribution in [1.29, 1.82) is 0 Å². The second-order valence-electron chi connectivity index (χ2n) is 6.25. The van der Waals surface area contributed by atoms with Gasteiger partial charge in [0.05, 0.1) is 25.0 Å². The number of benzene rings is 2. The summed E-state index contributed by atoms with van der Waals surface area (Å²) in [6, 6.07) is 14.2. The molecule has 26 heavy (non-hydrogen) atoms. The van der Waals surface area contributed by atoms with E-state index in [0.717, 1.165) is 23.1 Å². The second kappa shape index (κ2) is 7.09. The molecule has 1 N–H and O–H groups in total. The summed E-state index contributed by atoms with van der Waals surface area (Å²) in [5, 5.41) is 7.07. The fraction of sp³-hybridized carbons (Fsp3) is 0.200. The van der Waals surface area contributed by atoms with Gasteiger partial charge in [0.15, 0.2) is 6.10 Å². The fourth-order valence-electron chi connectivity index (χ4n) is 3.16. The summed E-state index contributed by atoms with van der Waals surface area (Å²) in [5.41, 5.74) is 3.43. The lowest BCUT2D eigenvalue weighted by Gasteiger charge is -2.24. The smallest absolute Gasteiger partial charge is 0.258 e. The molecule has 0 saturated carbocycles. The highest BCUT2D eigenvalue weighted by Gasteiger charge is 2.27. The molecule has 1 aliphatic heterocycles. The number of aromatic nitrogens is 2. The summed E-state index contributed by atoms with van der Waals surface area (Å²) in [4.78, 5) is 12.6. The Morgan fingerprint density at radius 2 is 2.15 bits per heavy atom. The highest BCUT2D eigenvalue weighted by molar-refractivity contribution is 5.95. The van der Waals surface area contributed by atoms with E-state index in [9.17, 15) is 9.18 Å². The van der Waals surface area contributed by atoms with Crippen molar-refractivity contribution in [2.24, 2.45) is 0 Å². The number of carbonyl (C=O) groups excluding carboxylic acids is 1. The number of carbonyl (C=O) groups is 1. The van der Waals surface area contributed by atoms with Gasteiger partial charge < -0.3 is 10.1 Å². The van der Waals surface area contributed by atoms with Crippen LogP contribution in [0.4, 0.5) is 10.1 Å². The van der Waals surface area contributed by atoms with E-state index in [1.807, 2.05) is 30.3 Å². The van der Waals surface area contributed by atoms with Crippen LogP contribution >= 0.6 is 0 Å². The van der Waals surface area contributed by atoms with Crippen molar-refractivity contribution in [2.75, 3.05) is 11.9 Å². The van der Waals surface area contributed by atoms with Crippen LogP contribution in [0, 0.1) is 5.82 Å². The zero-order valence-electron chi connectivity index (χ0n) is 14.1. The Kier molecular flexibility index (Phi) is 4.50. The first-order valence-corrected chi connectivity index (χ1v) is 8.46. The second-order valence-corrected chi connectivity index (χ2v) is 6.25. The number of hydrogen-bond donors (Lipinski definition) is 1. The summed E-state index contributed by atoms with van der Waals surface area (Å²) in [5.74, 6) is -0.501. The van der Waals surface area contributed by atoms with E-state index >= 15 is 0 Å². The van der Waals surface area contributed by atoms with Gasteiger partial charge in [-0.1, -0.05) is 36.4 Å². The SMILES string of the molecule is O=C(Nc1cnn(Cc2cccc(F)c2)c1)[C@H]1OCCc2ccccc21. The van der Waals surface area contributed by atoms with Gasteiger partial charge >= 0.3 is 0 Å². The first-order valence-electron chi connectivity index (χ1n) is 8.46. The van der Waals surface area contributed by atoms with Crippen molar-refractivity contribution >= 4 is 11.6 Å². The summed E-state index contributed by atoms with van der Waals surface area (Å²) < 4.78 is 20.6. The zero-order valence-corrected chi connectivity index (χ0v) is 14.1. The lowest BCUT2D eigenvalue weighted by molar-refractivity contribution is -0.128. The van der Waals surface area contributed by atoms with E-state index in [1.165, 1.54) is 12.1 Å². The molecule has 4 rings (SSSR count). The third kappa shape index (κ3) is 3.50. The molecule has 1 aromatic heterocycles. The Bertz CT molecular complexity index is 938. The van der Waals surface area contributed by atoms with Crippen LogP contribution in [-0.4, -0.2) is 22.3 Å². The van der Waals surface area contributed by atoms with Gasteiger partial charge in [-0.05, 0) is 35.2 Å². The third-order valence-electron chi connectivity index (χ3n) is 4.37. The molecule has 1 amide bonds. The van der Waals surface area contributed by atoms with Crippen LogP contribution < -0.4 is 5.32 Å². The number of fused-ring (bicyclic) bond motifs is 1. The van der Waals surface area contributed by atoms with Crippen molar-refractivity contribution < 1.29 is 13.9 Å². The summed E-state index contributed by atoms with van der Waals surface area (Å²) in [7, 11) is 0. The Hall–Kier alpha value is -2.99. The molecule has 5 nitrogen and oxygen atoms in total. The summed E-state index contributed by atoms with van der Waals surface area (Å²) in [6.07, 6.45) is 3.49. The zero-order chi connectivity index (χ0) is 17.9. The maximum absolute atomic E-state index is 13.3. The first kappa shape index (κ1) is 16.5. The molecular weight excluding hydrogens is 333 g/mol. The summed E-state index contributed by atoms with van der Waals surface area (Å²) in [6.45, 7) is 0.949. The molecule has 0 radical (unpaired) electrons. The maximum Gasteiger partial charge on any atom is 0.258 e. The number of nitrogens with zero attached hydrogens (tertiary/aromatic N) is 2. The van der Waals surface area contributed by atoms with Crippen molar-refractivity contribution in [3.8, 4) is 0 Å². The van der Waals surface area contributed by atoms with Gasteiger partial charge in [0, 0.05) is 6.20 Å². The minimum atomic E-state index is -0.619. The van der Waals surface area contributed by atoms with Crippen LogP contribution in [0.3, 0.4) is 0 Å². The lowest BCUT2D eigenvalue weighted by Crippen LogP contribution is -2.28. The van der Waals surface area contributed by atoms with E-state index in [-0.39, 0.29) is 11.7 Å². The minimum Gasteiger partial charge on any atom is -0.363 e. The molecule has 2 heterocycles. The van der Waals surface area contributed by atoms with Gasteiger partial charge in [0.1, 0.15) is 5.82 Å². The molecule has 0 fully saturated rings. The van der Waals surface area contributed by atoms with E-state index in [1.54, 1.807) is 23.1 Å². The number of rotatable bonds is 4. The topological polar surface area (TPSA) is 56.2 Å². The van der Waals surface area contributed by atoms with Crippen molar-refractivity contribution in [3.05, 3.63) is 83.4 Å². The largest absolute Gasteiger partial charge is 0.363 e. The molecule has 0 aliphatic carbocycles. The molecular formula is C20H18FN3O2. The van der Waals surface area contributed by atoms with Gasteiger partial charge in [-0.3, -0.25) is 9.48 Å². The Morgan fingerprint density at radius 1 is 1.27 bits per heavy atom. The maximum atomic E-state index is 13.3. The van der Waals surface area contributed by atoms with Crippen LogP contribution in [0.1, 0.15) is 22.8 Å². The van der Waals surface area contributed by atoms with Crippen LogP contribution in [0.25, 0.3) is 0 Å². The lowest BCUT2D eigenvalue weighted by atomic mass is 9.97.